The van der Waals surface area contributed by atoms with E-state index in [2.05, 4.69) is 111 Å². The first-order valence-electron chi connectivity index (χ1n) is 16.5. The second-order valence-corrected chi connectivity index (χ2v) is 14.7. The number of nitrogens with zero attached hydrogens (tertiary/aromatic N) is 2. The highest BCUT2D eigenvalue weighted by Crippen LogP contribution is 2.65. The van der Waals surface area contributed by atoms with Gasteiger partial charge in [-0.15, -0.1) is 0 Å². The van der Waals surface area contributed by atoms with Gasteiger partial charge in [0.1, 0.15) is 11.8 Å². The summed E-state index contributed by atoms with van der Waals surface area (Å²) in [6.07, 6.45) is 8.50. The minimum Gasteiger partial charge on any atom is -0.360 e. The Morgan fingerprint density at radius 3 is 2.27 bits per heavy atom. The predicted molar refractivity (Wildman–Crippen MR) is 173 cm³/mol. The Balaban J connectivity index is 1.30. The first-order chi connectivity index (χ1) is 21.2. The molecule has 5 heteroatoms. The molecule has 8 rings (SSSR count). The van der Waals surface area contributed by atoms with Crippen molar-refractivity contribution in [2.45, 2.75) is 95.5 Å². The molecule has 5 aliphatic rings. The largest absolute Gasteiger partial charge is 0.360 e. The van der Waals surface area contributed by atoms with Crippen LogP contribution in [0.4, 0.5) is 5.69 Å². The lowest BCUT2D eigenvalue weighted by Gasteiger charge is -2.58. The summed E-state index contributed by atoms with van der Waals surface area (Å²) in [4.78, 5) is 19.2. The average Bonchev–Trinajstić information content (AvgIpc) is 3.64. The molecule has 3 saturated heterocycles. The van der Waals surface area contributed by atoms with Crippen LogP contribution in [-0.2, 0) is 20.8 Å². The molecule has 8 atom stereocenters. The Hall–Kier alpha value is -3.25. The van der Waals surface area contributed by atoms with Gasteiger partial charge >= 0.3 is 0 Å². The third kappa shape index (κ3) is 3.98. The molecule has 2 bridgehead atoms. The van der Waals surface area contributed by atoms with Crippen LogP contribution in [0.15, 0.2) is 97.1 Å². The van der Waals surface area contributed by atoms with Crippen LogP contribution in [0.5, 0.6) is 0 Å². The van der Waals surface area contributed by atoms with Crippen molar-refractivity contribution in [3.63, 3.8) is 0 Å². The number of anilines is 1. The Bertz CT molecular complexity index is 1590. The van der Waals surface area contributed by atoms with Gasteiger partial charge in [-0.25, -0.2) is 0 Å². The van der Waals surface area contributed by atoms with Crippen molar-refractivity contribution in [1.29, 1.82) is 0 Å². The number of hydrogen-bond acceptors (Lipinski definition) is 4. The van der Waals surface area contributed by atoms with Gasteiger partial charge in [-0.1, -0.05) is 98.3 Å². The molecule has 0 radical (unpaired) electrons. The molecule has 1 amide bonds. The van der Waals surface area contributed by atoms with Crippen LogP contribution < -0.4 is 4.90 Å². The number of rotatable bonds is 5. The molecule has 1 spiro atoms. The van der Waals surface area contributed by atoms with Crippen LogP contribution in [0, 0.1) is 17.3 Å². The van der Waals surface area contributed by atoms with Crippen molar-refractivity contribution < 1.29 is 14.3 Å². The molecule has 3 aromatic rings. The summed E-state index contributed by atoms with van der Waals surface area (Å²) < 4.78 is 14.2. The quantitative estimate of drug-likeness (QED) is 0.283. The number of benzene rings is 3. The number of carbonyl (C=O) groups is 1. The number of hydrogen-bond donors (Lipinski definition) is 0. The van der Waals surface area contributed by atoms with Gasteiger partial charge in [0.15, 0.2) is 0 Å². The van der Waals surface area contributed by atoms with E-state index in [1.165, 1.54) is 18.4 Å². The van der Waals surface area contributed by atoms with Gasteiger partial charge in [-0.3, -0.25) is 9.69 Å². The van der Waals surface area contributed by atoms with Crippen LogP contribution in [0.1, 0.15) is 82.3 Å². The van der Waals surface area contributed by atoms with E-state index in [0.717, 1.165) is 29.8 Å². The van der Waals surface area contributed by atoms with E-state index in [9.17, 15) is 4.79 Å². The highest BCUT2D eigenvalue weighted by Gasteiger charge is 2.73. The van der Waals surface area contributed by atoms with Crippen LogP contribution >= 0.6 is 0 Å². The molecular weight excluding hydrogens is 544 g/mol. The number of carbonyl (C=O) groups excluding carboxylic acids is 1. The molecule has 228 valence electrons. The fourth-order valence-electron chi connectivity index (χ4n) is 9.41. The lowest BCUT2D eigenvalue weighted by molar-refractivity contribution is -0.241. The van der Waals surface area contributed by atoms with E-state index < -0.39 is 11.0 Å². The summed E-state index contributed by atoms with van der Waals surface area (Å²) in [5.41, 5.74) is 2.98. The molecule has 3 aromatic carbocycles. The van der Waals surface area contributed by atoms with Crippen molar-refractivity contribution in [2.24, 2.45) is 17.3 Å². The maximum atomic E-state index is 14.6. The fourth-order valence-corrected chi connectivity index (χ4v) is 9.41. The summed E-state index contributed by atoms with van der Waals surface area (Å²) in [5.74, 6) is 1.25. The third-order valence-electron chi connectivity index (χ3n) is 11.8. The summed E-state index contributed by atoms with van der Waals surface area (Å²) in [5, 5.41) is 0. The van der Waals surface area contributed by atoms with Gasteiger partial charge in [0.25, 0.3) is 0 Å². The number of fused-ring (bicyclic) bond motifs is 2. The van der Waals surface area contributed by atoms with Gasteiger partial charge < -0.3 is 14.4 Å². The topological polar surface area (TPSA) is 42.0 Å². The fraction of sp³-hybridized carbons (Fsp3) is 0.462. The normalized spacial score (nSPS) is 37.3. The Kier molecular flexibility index (Phi) is 6.50. The summed E-state index contributed by atoms with van der Waals surface area (Å²) in [6.45, 7) is 10.1. The Labute approximate surface area is 261 Å². The highest BCUT2D eigenvalue weighted by atomic mass is 16.5. The van der Waals surface area contributed by atoms with Crippen LogP contribution in [0.3, 0.4) is 0 Å². The molecule has 0 aromatic heterocycles. The van der Waals surface area contributed by atoms with E-state index in [1.54, 1.807) is 0 Å². The van der Waals surface area contributed by atoms with Gasteiger partial charge in [-0.2, -0.15) is 0 Å². The molecule has 44 heavy (non-hydrogen) atoms. The first kappa shape index (κ1) is 28.2. The van der Waals surface area contributed by atoms with Crippen molar-refractivity contribution in [2.75, 3.05) is 4.90 Å². The van der Waals surface area contributed by atoms with Gasteiger partial charge in [0.05, 0.1) is 23.7 Å². The molecule has 4 heterocycles. The second-order valence-electron chi connectivity index (χ2n) is 14.7. The van der Waals surface area contributed by atoms with Crippen LogP contribution in [0.25, 0.3) is 0 Å². The molecule has 1 aliphatic carbocycles. The third-order valence-corrected chi connectivity index (χ3v) is 11.8. The maximum Gasteiger partial charge on any atom is 0.237 e. The minimum atomic E-state index is -0.739. The molecule has 0 N–H and O–H groups in total. The van der Waals surface area contributed by atoms with Crippen molar-refractivity contribution in [3.8, 4) is 0 Å². The van der Waals surface area contributed by atoms with Crippen LogP contribution in [-0.4, -0.2) is 34.2 Å². The van der Waals surface area contributed by atoms with Crippen molar-refractivity contribution in [3.05, 3.63) is 114 Å². The van der Waals surface area contributed by atoms with Crippen LogP contribution in [0.2, 0.25) is 0 Å². The summed E-state index contributed by atoms with van der Waals surface area (Å²) >= 11 is 0. The molecule has 4 fully saturated rings. The first-order valence-corrected chi connectivity index (χ1v) is 16.5. The highest BCUT2D eigenvalue weighted by molar-refractivity contribution is 6.03. The predicted octanol–water partition coefficient (Wildman–Crippen LogP) is 7.99. The molecule has 0 unspecified atom stereocenters. The number of para-hydroxylation sites is 1. The monoisotopic (exact) mass is 588 g/mol. The SMILES string of the molecule is C[C@@H]1CC[C@@H]2[C@@H](C1)O[C@@H](c1ccccc1[C@@H]1N(c3ccccc3)C(=O)[C@@]3(C)C[C@@H]4C=C[C@]13O4)N(Cc1ccccc1)C2(C)C. The molecule has 5 nitrogen and oxygen atoms in total. The summed E-state index contributed by atoms with van der Waals surface area (Å²) in [7, 11) is 0. The smallest absolute Gasteiger partial charge is 0.237 e. The van der Waals surface area contributed by atoms with Gasteiger partial charge in [-0.05, 0) is 69.2 Å². The zero-order valence-electron chi connectivity index (χ0n) is 26.4. The van der Waals surface area contributed by atoms with Crippen molar-refractivity contribution >= 4 is 11.6 Å². The van der Waals surface area contributed by atoms with Gasteiger partial charge in [0.2, 0.25) is 5.91 Å². The Morgan fingerprint density at radius 2 is 1.55 bits per heavy atom. The van der Waals surface area contributed by atoms with E-state index in [-0.39, 0.29) is 35.9 Å². The van der Waals surface area contributed by atoms with E-state index in [1.807, 2.05) is 23.1 Å². The lowest BCUT2D eigenvalue weighted by atomic mass is 9.67. The molecule has 1 saturated carbocycles. The molecular formula is C39H44N2O3. The van der Waals surface area contributed by atoms with E-state index >= 15 is 0 Å². The zero-order chi connectivity index (χ0) is 30.3. The number of ether oxygens (including phenoxy) is 2. The minimum absolute atomic E-state index is 0.0273. The van der Waals surface area contributed by atoms with Gasteiger partial charge in [0, 0.05) is 29.3 Å². The second kappa shape index (κ2) is 10.1. The van der Waals surface area contributed by atoms with Crippen molar-refractivity contribution in [1.82, 2.24) is 4.90 Å². The van der Waals surface area contributed by atoms with E-state index in [0.29, 0.717) is 18.3 Å². The number of amides is 1. The van der Waals surface area contributed by atoms with E-state index in [4.69, 9.17) is 9.47 Å². The molecule has 4 aliphatic heterocycles. The standard InChI is InChI=1S/C39H44N2O3/c1-26-19-20-32-33(23-26)43-35(40(37(32,2)3)25-27-13-7-5-8-14-27)31-18-12-11-17-30(31)34-39-22-21-29(44-39)24-38(39,4)36(42)41(34)28-15-9-6-10-16-28/h5-18,21-22,26,29,32-35H,19-20,23-25H2,1-4H3/t26-,29+,32-,33-,34+,35+,38-,39+/m1/s1. The average molecular weight is 589 g/mol. The summed E-state index contributed by atoms with van der Waals surface area (Å²) in [6, 6.07) is 29.4. The zero-order valence-corrected chi connectivity index (χ0v) is 26.4. The lowest BCUT2D eigenvalue weighted by Crippen LogP contribution is -2.61. The maximum absolute atomic E-state index is 14.6. The Morgan fingerprint density at radius 1 is 0.864 bits per heavy atom.